The number of halogens is 1. The van der Waals surface area contributed by atoms with Gasteiger partial charge in [-0.05, 0) is 48.4 Å². The normalized spacial score (nSPS) is 10.8. The van der Waals surface area contributed by atoms with Crippen molar-refractivity contribution in [3.8, 4) is 5.75 Å². The minimum absolute atomic E-state index is 0.129. The zero-order valence-corrected chi connectivity index (χ0v) is 13.8. The molecule has 0 fully saturated rings. The van der Waals surface area contributed by atoms with E-state index in [4.69, 9.17) is 4.74 Å². The Balaban J connectivity index is 1.80. The second kappa shape index (κ2) is 7.30. The summed E-state index contributed by atoms with van der Waals surface area (Å²) in [4.78, 5) is 26.7. The van der Waals surface area contributed by atoms with E-state index in [1.54, 1.807) is 30.3 Å². The molecule has 2 aromatic carbocycles. The zero-order valence-electron chi connectivity index (χ0n) is 13.8. The van der Waals surface area contributed by atoms with Gasteiger partial charge in [-0.25, -0.2) is 4.39 Å². The maximum absolute atomic E-state index is 13.3. The van der Waals surface area contributed by atoms with E-state index in [2.05, 4.69) is 4.98 Å². The first-order chi connectivity index (χ1) is 12.1. The molecule has 0 saturated heterocycles. The van der Waals surface area contributed by atoms with E-state index in [0.29, 0.717) is 34.5 Å². The summed E-state index contributed by atoms with van der Waals surface area (Å²) in [5.41, 5.74) is 2.28. The van der Waals surface area contributed by atoms with Crippen LogP contribution in [0.2, 0.25) is 0 Å². The molecule has 0 aliphatic rings. The Morgan fingerprint density at radius 1 is 1.20 bits per heavy atom. The van der Waals surface area contributed by atoms with Crippen LogP contribution in [0.1, 0.15) is 39.8 Å². The Morgan fingerprint density at radius 2 is 2.04 bits per heavy atom. The summed E-state index contributed by atoms with van der Waals surface area (Å²) < 4.78 is 18.8. The molecule has 0 bridgehead atoms. The average Bonchev–Trinajstić information content (AvgIpc) is 3.03. The molecular weight excluding hydrogens is 321 g/mol. The average molecular weight is 339 g/mol. The van der Waals surface area contributed by atoms with Crippen molar-refractivity contribution >= 4 is 23.0 Å². The van der Waals surface area contributed by atoms with Crippen LogP contribution >= 0.6 is 0 Å². The molecule has 1 heterocycles. The number of benzene rings is 2. The highest BCUT2D eigenvalue weighted by atomic mass is 19.1. The van der Waals surface area contributed by atoms with Crippen molar-refractivity contribution in [2.24, 2.45) is 0 Å². The Morgan fingerprint density at radius 3 is 2.80 bits per heavy atom. The smallest absolute Gasteiger partial charge is 0.183 e. The van der Waals surface area contributed by atoms with Crippen LogP contribution < -0.4 is 4.74 Å². The third-order valence-corrected chi connectivity index (χ3v) is 3.91. The Kier molecular flexibility index (Phi) is 4.93. The van der Waals surface area contributed by atoms with Crippen LogP contribution in [0, 0.1) is 5.82 Å². The molecule has 3 aromatic rings. The summed E-state index contributed by atoms with van der Waals surface area (Å²) in [7, 11) is 0. The molecule has 0 spiro atoms. The van der Waals surface area contributed by atoms with E-state index in [1.807, 2.05) is 6.92 Å². The number of ketones is 1. The quantitative estimate of drug-likeness (QED) is 0.515. The maximum atomic E-state index is 13.3. The predicted octanol–water partition coefficient (Wildman–Crippen LogP) is 4.33. The molecule has 0 aliphatic carbocycles. The highest BCUT2D eigenvalue weighted by Crippen LogP contribution is 2.21. The van der Waals surface area contributed by atoms with E-state index in [-0.39, 0.29) is 18.0 Å². The number of H-pyrrole nitrogens is 1. The van der Waals surface area contributed by atoms with Gasteiger partial charge in [0.15, 0.2) is 12.1 Å². The van der Waals surface area contributed by atoms with E-state index >= 15 is 0 Å². The molecule has 1 aromatic heterocycles. The lowest BCUT2D eigenvalue weighted by Gasteiger charge is -2.08. The van der Waals surface area contributed by atoms with Gasteiger partial charge in [0, 0.05) is 17.3 Å². The Labute approximate surface area is 144 Å². The van der Waals surface area contributed by atoms with E-state index in [0.717, 1.165) is 18.3 Å². The second-order valence-corrected chi connectivity index (χ2v) is 5.85. The van der Waals surface area contributed by atoms with Gasteiger partial charge in [-0.1, -0.05) is 13.0 Å². The third-order valence-electron chi connectivity index (χ3n) is 3.91. The number of fused-ring (bicyclic) bond motifs is 1. The standard InChI is InChI=1S/C20H18FNO3/c1-2-7-25-20-6-3-13(8-15(20)12-23)9-19(24)18-11-14-10-16(21)4-5-17(14)22-18/h3-6,8,10-12,22H,2,7,9H2,1H3. The number of hydrogen-bond acceptors (Lipinski definition) is 3. The van der Waals surface area contributed by atoms with Gasteiger partial charge in [0.25, 0.3) is 0 Å². The van der Waals surface area contributed by atoms with Crippen molar-refractivity contribution in [1.29, 1.82) is 0 Å². The molecule has 128 valence electrons. The maximum Gasteiger partial charge on any atom is 0.183 e. The summed E-state index contributed by atoms with van der Waals surface area (Å²) in [5.74, 6) is 0.0496. The summed E-state index contributed by atoms with van der Waals surface area (Å²) >= 11 is 0. The van der Waals surface area contributed by atoms with Crippen LogP contribution in [-0.2, 0) is 6.42 Å². The fourth-order valence-corrected chi connectivity index (χ4v) is 2.68. The van der Waals surface area contributed by atoms with Gasteiger partial charge in [-0.3, -0.25) is 9.59 Å². The fraction of sp³-hybridized carbons (Fsp3) is 0.200. The van der Waals surface area contributed by atoms with Crippen LogP contribution in [0.3, 0.4) is 0 Å². The van der Waals surface area contributed by atoms with E-state index < -0.39 is 0 Å². The monoisotopic (exact) mass is 339 g/mol. The van der Waals surface area contributed by atoms with Crippen molar-refractivity contribution < 1.29 is 18.7 Å². The van der Waals surface area contributed by atoms with Gasteiger partial charge in [0.2, 0.25) is 0 Å². The highest BCUT2D eigenvalue weighted by molar-refractivity contribution is 6.00. The van der Waals surface area contributed by atoms with E-state index in [1.165, 1.54) is 12.1 Å². The summed E-state index contributed by atoms with van der Waals surface area (Å²) in [6, 6.07) is 11.1. The molecular formula is C20H18FNO3. The minimum Gasteiger partial charge on any atom is -0.493 e. The number of nitrogens with one attached hydrogen (secondary N) is 1. The molecule has 4 nitrogen and oxygen atoms in total. The van der Waals surface area contributed by atoms with Crippen LogP contribution in [0.5, 0.6) is 5.75 Å². The highest BCUT2D eigenvalue weighted by Gasteiger charge is 2.13. The van der Waals surface area contributed by atoms with Gasteiger partial charge >= 0.3 is 0 Å². The zero-order chi connectivity index (χ0) is 17.8. The van der Waals surface area contributed by atoms with Crippen LogP contribution in [0.25, 0.3) is 10.9 Å². The number of carbonyl (C=O) groups excluding carboxylic acids is 2. The second-order valence-electron chi connectivity index (χ2n) is 5.85. The van der Waals surface area contributed by atoms with Gasteiger partial charge < -0.3 is 9.72 Å². The summed E-state index contributed by atoms with van der Waals surface area (Å²) in [5, 5.41) is 0.653. The van der Waals surface area contributed by atoms with Crippen molar-refractivity contribution in [2.45, 2.75) is 19.8 Å². The Bertz CT molecular complexity index is 930. The van der Waals surface area contributed by atoms with Crippen molar-refractivity contribution in [3.05, 3.63) is 65.1 Å². The lowest BCUT2D eigenvalue weighted by atomic mass is 10.0. The topological polar surface area (TPSA) is 59.2 Å². The molecule has 5 heteroatoms. The number of aromatic nitrogens is 1. The van der Waals surface area contributed by atoms with Crippen LogP contribution in [0.4, 0.5) is 4.39 Å². The first-order valence-electron chi connectivity index (χ1n) is 8.13. The van der Waals surface area contributed by atoms with Gasteiger partial charge in [-0.15, -0.1) is 0 Å². The lowest BCUT2D eigenvalue weighted by molar-refractivity contribution is 0.0988. The summed E-state index contributed by atoms with van der Waals surface area (Å²) in [6.07, 6.45) is 1.72. The van der Waals surface area contributed by atoms with Crippen LogP contribution in [0.15, 0.2) is 42.5 Å². The number of Topliss-reactive ketones (excluding diaryl/α,β-unsaturated/α-hetero) is 1. The van der Waals surface area contributed by atoms with Crippen molar-refractivity contribution in [2.75, 3.05) is 6.61 Å². The number of hydrogen-bond donors (Lipinski definition) is 1. The summed E-state index contributed by atoms with van der Waals surface area (Å²) in [6.45, 7) is 2.52. The first-order valence-corrected chi connectivity index (χ1v) is 8.13. The molecule has 0 unspecified atom stereocenters. The molecule has 0 aliphatic heterocycles. The number of rotatable bonds is 7. The molecule has 0 amide bonds. The minimum atomic E-state index is -0.344. The predicted molar refractivity (Wildman–Crippen MR) is 93.9 cm³/mol. The Hall–Kier alpha value is -2.95. The lowest BCUT2D eigenvalue weighted by Crippen LogP contribution is -2.05. The van der Waals surface area contributed by atoms with Gasteiger partial charge in [0.05, 0.1) is 17.9 Å². The number of aromatic amines is 1. The molecule has 0 atom stereocenters. The third kappa shape index (κ3) is 3.76. The number of ether oxygens (including phenoxy) is 1. The molecule has 25 heavy (non-hydrogen) atoms. The molecule has 3 rings (SSSR count). The van der Waals surface area contributed by atoms with Crippen molar-refractivity contribution in [1.82, 2.24) is 4.98 Å². The fourth-order valence-electron chi connectivity index (χ4n) is 2.68. The number of carbonyl (C=O) groups is 2. The largest absolute Gasteiger partial charge is 0.493 e. The SMILES string of the molecule is CCCOc1ccc(CC(=O)c2cc3cc(F)ccc3[nH]2)cc1C=O. The molecule has 0 radical (unpaired) electrons. The molecule has 1 N–H and O–H groups in total. The van der Waals surface area contributed by atoms with Gasteiger partial charge in [0.1, 0.15) is 11.6 Å². The van der Waals surface area contributed by atoms with E-state index in [9.17, 15) is 14.0 Å². The van der Waals surface area contributed by atoms with Crippen molar-refractivity contribution in [3.63, 3.8) is 0 Å². The first kappa shape index (κ1) is 16.9. The number of aldehydes is 1. The molecule has 0 saturated carbocycles. The van der Waals surface area contributed by atoms with Crippen LogP contribution in [-0.4, -0.2) is 23.7 Å². The van der Waals surface area contributed by atoms with Gasteiger partial charge in [-0.2, -0.15) is 0 Å².